The third-order valence-corrected chi connectivity index (χ3v) is 3.62. The Kier molecular flexibility index (Phi) is 4.09. The van der Waals surface area contributed by atoms with Crippen LogP contribution in [0.25, 0.3) is 0 Å². The molecule has 0 bridgehead atoms. The van der Waals surface area contributed by atoms with Crippen LogP contribution >= 0.6 is 0 Å². The number of nitrogens with two attached hydrogens (primary N) is 1. The van der Waals surface area contributed by atoms with E-state index in [0.717, 1.165) is 30.0 Å². The van der Waals surface area contributed by atoms with Gasteiger partial charge >= 0.3 is 0 Å². The fourth-order valence-electron chi connectivity index (χ4n) is 2.46. The number of hydrogen-bond donors (Lipinski definition) is 2. The van der Waals surface area contributed by atoms with Gasteiger partial charge in [0, 0.05) is 6.04 Å². The fraction of sp³-hybridized carbons (Fsp3) is 0.571. The van der Waals surface area contributed by atoms with Crippen LogP contribution in [-0.4, -0.2) is 20.4 Å². The van der Waals surface area contributed by atoms with Crippen molar-refractivity contribution in [3.05, 3.63) is 23.3 Å². The summed E-state index contributed by atoms with van der Waals surface area (Å²) in [6, 6.07) is 4.07. The lowest BCUT2D eigenvalue weighted by Crippen LogP contribution is -2.29. The average molecular weight is 250 g/mol. The molecular formula is C14H22N2O2. The van der Waals surface area contributed by atoms with E-state index in [0.29, 0.717) is 12.7 Å². The number of rotatable bonds is 5. The molecule has 3 N–H and O–H groups in total. The highest BCUT2D eigenvalue weighted by atomic mass is 16.7. The van der Waals surface area contributed by atoms with Crippen LogP contribution in [0.1, 0.15) is 30.5 Å². The van der Waals surface area contributed by atoms with Gasteiger partial charge in [0.15, 0.2) is 11.5 Å². The van der Waals surface area contributed by atoms with Gasteiger partial charge < -0.3 is 20.5 Å². The van der Waals surface area contributed by atoms with E-state index >= 15 is 0 Å². The molecular weight excluding hydrogens is 228 g/mol. The molecule has 0 amide bonds. The smallest absolute Gasteiger partial charge is 0.231 e. The maximum absolute atomic E-state index is 6.39. The van der Waals surface area contributed by atoms with Crippen LogP contribution in [-0.2, 0) is 0 Å². The van der Waals surface area contributed by atoms with Crippen molar-refractivity contribution in [1.29, 1.82) is 0 Å². The second-order valence-electron chi connectivity index (χ2n) is 4.81. The average Bonchev–Trinajstić information content (AvgIpc) is 2.81. The predicted octanol–water partition coefficient (Wildman–Crippen LogP) is 1.97. The molecule has 18 heavy (non-hydrogen) atoms. The van der Waals surface area contributed by atoms with Crippen molar-refractivity contribution in [1.82, 2.24) is 5.32 Å². The molecule has 0 saturated carbocycles. The highest BCUT2D eigenvalue weighted by molar-refractivity contribution is 5.49. The first-order valence-corrected chi connectivity index (χ1v) is 6.47. The molecule has 1 aromatic rings. The number of benzene rings is 1. The number of fused-ring (bicyclic) bond motifs is 1. The highest BCUT2D eigenvalue weighted by Gasteiger charge is 2.23. The minimum atomic E-state index is 0.0250. The summed E-state index contributed by atoms with van der Waals surface area (Å²) in [6.07, 6.45) is 1.05. The van der Waals surface area contributed by atoms with E-state index in [4.69, 9.17) is 15.2 Å². The van der Waals surface area contributed by atoms with Crippen molar-refractivity contribution >= 4 is 0 Å². The zero-order chi connectivity index (χ0) is 13.1. The van der Waals surface area contributed by atoms with Crippen LogP contribution in [0.2, 0.25) is 0 Å². The normalized spacial score (nSPS) is 16.7. The molecule has 2 rings (SSSR count). The van der Waals surface area contributed by atoms with Crippen LogP contribution in [0.3, 0.4) is 0 Å². The van der Waals surface area contributed by atoms with Gasteiger partial charge in [-0.05, 0) is 49.7 Å². The summed E-state index contributed by atoms with van der Waals surface area (Å²) < 4.78 is 10.8. The Morgan fingerprint density at radius 1 is 1.33 bits per heavy atom. The lowest BCUT2D eigenvalue weighted by molar-refractivity contribution is 0.174. The lowest BCUT2D eigenvalue weighted by Gasteiger charge is -2.24. The Morgan fingerprint density at radius 3 is 2.61 bits per heavy atom. The molecule has 100 valence electrons. The van der Waals surface area contributed by atoms with Crippen LogP contribution in [0.5, 0.6) is 11.5 Å². The van der Waals surface area contributed by atoms with Gasteiger partial charge in [-0.15, -0.1) is 0 Å². The summed E-state index contributed by atoms with van der Waals surface area (Å²) in [4.78, 5) is 0. The maximum atomic E-state index is 6.39. The number of ether oxygens (including phenoxy) is 2. The summed E-state index contributed by atoms with van der Waals surface area (Å²) in [5.74, 6) is 2.06. The second-order valence-corrected chi connectivity index (χ2v) is 4.81. The van der Waals surface area contributed by atoms with E-state index < -0.39 is 0 Å². The van der Waals surface area contributed by atoms with Gasteiger partial charge in [-0.1, -0.05) is 13.3 Å². The zero-order valence-electron chi connectivity index (χ0n) is 11.3. The molecule has 2 unspecified atom stereocenters. The van der Waals surface area contributed by atoms with Crippen molar-refractivity contribution in [2.45, 2.75) is 26.3 Å². The maximum Gasteiger partial charge on any atom is 0.231 e. The summed E-state index contributed by atoms with van der Waals surface area (Å²) in [5, 5.41) is 3.21. The Hall–Kier alpha value is -1.26. The summed E-state index contributed by atoms with van der Waals surface area (Å²) in [6.45, 7) is 5.47. The Labute approximate surface area is 108 Å². The van der Waals surface area contributed by atoms with Crippen LogP contribution in [0.15, 0.2) is 12.1 Å². The van der Waals surface area contributed by atoms with E-state index in [2.05, 4.69) is 19.2 Å². The molecule has 0 saturated heterocycles. The number of nitrogens with one attached hydrogen (secondary N) is 1. The van der Waals surface area contributed by atoms with Crippen molar-refractivity contribution in [2.75, 3.05) is 20.4 Å². The van der Waals surface area contributed by atoms with Gasteiger partial charge in [0.2, 0.25) is 6.79 Å². The zero-order valence-corrected chi connectivity index (χ0v) is 11.3. The fourth-order valence-corrected chi connectivity index (χ4v) is 2.46. The SMILES string of the molecule is CCC(CNC)C(N)c1cc2c(cc1C)OCO2. The van der Waals surface area contributed by atoms with Gasteiger partial charge in [-0.3, -0.25) is 0 Å². The minimum absolute atomic E-state index is 0.0250. The van der Waals surface area contributed by atoms with Crippen molar-refractivity contribution in [3.63, 3.8) is 0 Å². The van der Waals surface area contributed by atoms with E-state index in [1.54, 1.807) is 0 Å². The quantitative estimate of drug-likeness (QED) is 0.839. The molecule has 0 fully saturated rings. The predicted molar refractivity (Wildman–Crippen MR) is 71.9 cm³/mol. The van der Waals surface area contributed by atoms with Crippen molar-refractivity contribution in [2.24, 2.45) is 11.7 Å². The topological polar surface area (TPSA) is 56.5 Å². The molecule has 0 radical (unpaired) electrons. The largest absolute Gasteiger partial charge is 0.454 e. The molecule has 1 heterocycles. The van der Waals surface area contributed by atoms with Crippen molar-refractivity contribution < 1.29 is 9.47 Å². The highest BCUT2D eigenvalue weighted by Crippen LogP contribution is 2.37. The van der Waals surface area contributed by atoms with Gasteiger partial charge in [-0.2, -0.15) is 0 Å². The first kappa shape index (κ1) is 13.2. The number of hydrogen-bond acceptors (Lipinski definition) is 4. The summed E-state index contributed by atoms with van der Waals surface area (Å²) >= 11 is 0. The third kappa shape index (κ3) is 2.44. The second kappa shape index (κ2) is 5.59. The van der Waals surface area contributed by atoms with Crippen LogP contribution in [0.4, 0.5) is 0 Å². The van der Waals surface area contributed by atoms with E-state index in [9.17, 15) is 0 Å². The van der Waals surface area contributed by atoms with Gasteiger partial charge in [0.25, 0.3) is 0 Å². The molecule has 1 aliphatic rings. The Balaban J connectivity index is 2.26. The van der Waals surface area contributed by atoms with Gasteiger partial charge in [0.05, 0.1) is 0 Å². The Bertz CT molecular complexity index is 421. The van der Waals surface area contributed by atoms with Gasteiger partial charge in [0.1, 0.15) is 0 Å². The lowest BCUT2D eigenvalue weighted by atomic mass is 9.89. The number of aryl methyl sites for hydroxylation is 1. The third-order valence-electron chi connectivity index (χ3n) is 3.62. The van der Waals surface area contributed by atoms with E-state index in [1.165, 1.54) is 5.56 Å². The van der Waals surface area contributed by atoms with Crippen LogP contribution < -0.4 is 20.5 Å². The molecule has 1 aromatic carbocycles. The molecule has 0 spiro atoms. The van der Waals surface area contributed by atoms with Crippen LogP contribution in [0, 0.1) is 12.8 Å². The monoisotopic (exact) mass is 250 g/mol. The van der Waals surface area contributed by atoms with E-state index in [1.807, 2.05) is 19.2 Å². The van der Waals surface area contributed by atoms with Crippen molar-refractivity contribution in [3.8, 4) is 11.5 Å². The van der Waals surface area contributed by atoms with Gasteiger partial charge in [-0.25, -0.2) is 0 Å². The summed E-state index contributed by atoms with van der Waals surface area (Å²) in [5.41, 5.74) is 8.72. The molecule has 0 aliphatic carbocycles. The molecule has 2 atom stereocenters. The first-order valence-electron chi connectivity index (χ1n) is 6.47. The Morgan fingerprint density at radius 2 is 2.00 bits per heavy atom. The van der Waals surface area contributed by atoms with E-state index in [-0.39, 0.29) is 6.04 Å². The molecule has 4 heteroatoms. The molecule has 4 nitrogen and oxygen atoms in total. The molecule has 1 aliphatic heterocycles. The molecule has 0 aromatic heterocycles. The first-order chi connectivity index (χ1) is 8.67. The standard InChI is InChI=1S/C14H22N2O2/c1-4-10(7-16-3)14(15)11-6-13-12(5-9(11)2)17-8-18-13/h5-6,10,14,16H,4,7-8,15H2,1-3H3. The minimum Gasteiger partial charge on any atom is -0.454 e. The summed E-state index contributed by atoms with van der Waals surface area (Å²) in [7, 11) is 1.96.